The van der Waals surface area contributed by atoms with E-state index in [0.29, 0.717) is 14.9 Å². The second-order valence-electron chi connectivity index (χ2n) is 6.88. The van der Waals surface area contributed by atoms with E-state index in [1.54, 1.807) is 12.1 Å². The molecule has 0 radical (unpaired) electrons. The van der Waals surface area contributed by atoms with Crippen LogP contribution in [0.25, 0.3) is 0 Å². The summed E-state index contributed by atoms with van der Waals surface area (Å²) in [6, 6.07) is 3.37. The van der Waals surface area contributed by atoms with Gasteiger partial charge in [0.25, 0.3) is 0 Å². The number of ether oxygens (including phenoxy) is 1. The molecular weight excluding hydrogens is 426 g/mol. The van der Waals surface area contributed by atoms with Crippen molar-refractivity contribution in [1.82, 2.24) is 0 Å². The summed E-state index contributed by atoms with van der Waals surface area (Å²) < 4.78 is 17.8. The average molecular weight is 448 g/mol. The Morgan fingerprint density at radius 3 is 2.29 bits per heavy atom. The maximum absolute atomic E-state index is 11.4. The third-order valence-electron chi connectivity index (χ3n) is 4.69. The Hall–Kier alpha value is -0.995. The molecule has 1 atom stereocenters. The van der Waals surface area contributed by atoms with Gasteiger partial charge in [0.2, 0.25) is 0 Å². The molecule has 1 heterocycles. The van der Waals surface area contributed by atoms with Gasteiger partial charge in [0.1, 0.15) is 0 Å². The largest absolute Gasteiger partial charge is 0.504 e. The van der Waals surface area contributed by atoms with Crippen LogP contribution in [0.15, 0.2) is 12.1 Å². The zero-order chi connectivity index (χ0) is 18.3. The molecule has 2 N–H and O–H groups in total. The molecule has 1 aromatic carbocycles. The molecule has 0 aromatic heterocycles. The highest BCUT2D eigenvalue weighted by atomic mass is 127. The maximum atomic E-state index is 11.4. The summed E-state index contributed by atoms with van der Waals surface area (Å²) >= 11 is 1.98. The van der Waals surface area contributed by atoms with Crippen molar-refractivity contribution in [2.24, 2.45) is 0 Å². The molecule has 1 aliphatic heterocycles. The van der Waals surface area contributed by atoms with Crippen LogP contribution in [0.1, 0.15) is 45.5 Å². The molecule has 8 heteroatoms. The molecule has 1 saturated heterocycles. The van der Waals surface area contributed by atoms with E-state index in [1.165, 1.54) is 7.11 Å². The Bertz CT molecular complexity index is 630. The molecular formula is C16H22BIO6. The van der Waals surface area contributed by atoms with Crippen molar-refractivity contribution >= 4 is 35.7 Å². The molecule has 1 fully saturated rings. The van der Waals surface area contributed by atoms with Gasteiger partial charge in [-0.3, -0.25) is 4.79 Å². The summed E-state index contributed by atoms with van der Waals surface area (Å²) in [6.07, 6.45) is -0.152. The Balaban J connectivity index is 2.44. The molecule has 6 nitrogen and oxygen atoms in total. The minimum atomic E-state index is -0.947. The first-order chi connectivity index (χ1) is 11.0. The van der Waals surface area contributed by atoms with Crippen molar-refractivity contribution in [3.8, 4) is 11.5 Å². The number of aromatic hydroxyl groups is 1. The summed E-state index contributed by atoms with van der Waals surface area (Å²) in [4.78, 5) is 11.4. The first-order valence-corrected chi connectivity index (χ1v) is 8.70. The number of hydrogen-bond acceptors (Lipinski definition) is 5. The van der Waals surface area contributed by atoms with Crippen LogP contribution in [-0.4, -0.2) is 41.6 Å². The highest BCUT2D eigenvalue weighted by molar-refractivity contribution is 14.1. The lowest BCUT2D eigenvalue weighted by Gasteiger charge is -2.32. The summed E-state index contributed by atoms with van der Waals surface area (Å²) in [7, 11) is 0.756. The van der Waals surface area contributed by atoms with Crippen LogP contribution in [0.5, 0.6) is 11.5 Å². The number of carboxylic acids is 1. The molecule has 0 aliphatic carbocycles. The average Bonchev–Trinajstić information content (AvgIpc) is 2.67. The van der Waals surface area contributed by atoms with Gasteiger partial charge < -0.3 is 24.3 Å². The number of phenolic OH excluding ortho intramolecular Hbond substituents is 1. The van der Waals surface area contributed by atoms with E-state index in [0.717, 1.165) is 0 Å². The Morgan fingerprint density at radius 2 is 1.83 bits per heavy atom. The summed E-state index contributed by atoms with van der Waals surface area (Å²) in [5.74, 6) is -1.14. The molecule has 0 bridgehead atoms. The normalized spacial score (nSPS) is 20.0. The van der Waals surface area contributed by atoms with E-state index in [-0.39, 0.29) is 12.2 Å². The van der Waals surface area contributed by atoms with Gasteiger partial charge in [0.15, 0.2) is 11.5 Å². The number of carboxylic acid groups (broad SMARTS) is 1. The lowest BCUT2D eigenvalue weighted by Crippen LogP contribution is -2.41. The minimum Gasteiger partial charge on any atom is -0.504 e. The SMILES string of the molecule is COc1cc(C(CC(=O)O)B2OC(C)(C)C(C)(C)O2)cc(I)c1O. The van der Waals surface area contributed by atoms with E-state index < -0.39 is 30.1 Å². The molecule has 1 aromatic rings. The number of benzene rings is 1. The lowest BCUT2D eigenvalue weighted by molar-refractivity contribution is -0.137. The molecule has 132 valence electrons. The van der Waals surface area contributed by atoms with Crippen LogP contribution in [0.4, 0.5) is 0 Å². The predicted octanol–water partition coefficient (Wildman–Crippen LogP) is 3.20. The quantitative estimate of drug-likeness (QED) is 0.532. The molecule has 1 aliphatic rings. The first-order valence-electron chi connectivity index (χ1n) is 7.62. The Kier molecular flexibility index (Phi) is 5.41. The van der Waals surface area contributed by atoms with E-state index in [1.807, 2.05) is 50.3 Å². The topological polar surface area (TPSA) is 85.2 Å². The lowest BCUT2D eigenvalue weighted by atomic mass is 9.66. The van der Waals surface area contributed by atoms with Crippen molar-refractivity contribution in [3.63, 3.8) is 0 Å². The highest BCUT2D eigenvalue weighted by Gasteiger charge is 2.54. The van der Waals surface area contributed by atoms with E-state index in [2.05, 4.69) is 0 Å². The minimum absolute atomic E-state index is 0.0323. The molecule has 0 amide bonds. The second kappa shape index (κ2) is 6.72. The predicted molar refractivity (Wildman–Crippen MR) is 98.5 cm³/mol. The summed E-state index contributed by atoms with van der Waals surface area (Å²) in [5, 5.41) is 19.3. The van der Waals surface area contributed by atoms with Crippen LogP contribution in [0.2, 0.25) is 0 Å². The zero-order valence-corrected chi connectivity index (χ0v) is 16.6. The molecule has 1 unspecified atom stereocenters. The summed E-state index contributed by atoms with van der Waals surface area (Å²) in [6.45, 7) is 7.69. The number of rotatable bonds is 5. The fourth-order valence-corrected chi connectivity index (χ4v) is 3.20. The van der Waals surface area contributed by atoms with Gasteiger partial charge in [-0.05, 0) is 68.0 Å². The van der Waals surface area contributed by atoms with Crippen LogP contribution in [0, 0.1) is 3.57 Å². The third kappa shape index (κ3) is 3.65. The van der Waals surface area contributed by atoms with Crippen molar-refractivity contribution in [1.29, 1.82) is 0 Å². The van der Waals surface area contributed by atoms with Gasteiger partial charge in [0, 0.05) is 5.82 Å². The number of hydrogen-bond donors (Lipinski definition) is 2. The highest BCUT2D eigenvalue weighted by Crippen LogP contribution is 2.43. The zero-order valence-electron chi connectivity index (χ0n) is 14.4. The van der Waals surface area contributed by atoms with Crippen LogP contribution < -0.4 is 4.74 Å². The Morgan fingerprint density at radius 1 is 1.29 bits per heavy atom. The van der Waals surface area contributed by atoms with Gasteiger partial charge in [-0.15, -0.1) is 0 Å². The van der Waals surface area contributed by atoms with Crippen molar-refractivity contribution in [2.75, 3.05) is 7.11 Å². The number of phenols is 1. The number of halogens is 1. The number of methoxy groups -OCH3 is 1. The first kappa shape index (κ1) is 19.3. The second-order valence-corrected chi connectivity index (χ2v) is 8.04. The van der Waals surface area contributed by atoms with Crippen molar-refractivity contribution < 1.29 is 29.1 Å². The fraction of sp³-hybridized carbons (Fsp3) is 0.562. The van der Waals surface area contributed by atoms with Crippen molar-refractivity contribution in [2.45, 2.75) is 51.1 Å². The van der Waals surface area contributed by atoms with Crippen LogP contribution >= 0.6 is 22.6 Å². The van der Waals surface area contributed by atoms with E-state index in [9.17, 15) is 15.0 Å². The Labute approximate surface area is 155 Å². The smallest absolute Gasteiger partial charge is 0.466 e. The van der Waals surface area contributed by atoms with Gasteiger partial charge in [0.05, 0.1) is 28.3 Å². The number of aliphatic carboxylic acids is 1. The van der Waals surface area contributed by atoms with Crippen LogP contribution in [-0.2, 0) is 14.1 Å². The molecule has 0 saturated carbocycles. The summed E-state index contributed by atoms with van der Waals surface area (Å²) in [5.41, 5.74) is -0.416. The van der Waals surface area contributed by atoms with E-state index >= 15 is 0 Å². The fourth-order valence-electron chi connectivity index (χ4n) is 2.58. The van der Waals surface area contributed by atoms with Crippen LogP contribution in [0.3, 0.4) is 0 Å². The van der Waals surface area contributed by atoms with Crippen molar-refractivity contribution in [3.05, 3.63) is 21.3 Å². The molecule has 2 rings (SSSR count). The standard InChI is InChI=1S/C16H22BIO6/c1-15(2)16(3,4)24-17(23-15)10(8-13(19)20)9-6-11(18)14(21)12(7-9)22-5/h6-7,10,21H,8H2,1-5H3,(H,19,20). The third-order valence-corrected chi connectivity index (χ3v) is 5.52. The van der Waals surface area contributed by atoms with Gasteiger partial charge >= 0.3 is 13.1 Å². The molecule has 24 heavy (non-hydrogen) atoms. The monoisotopic (exact) mass is 448 g/mol. The maximum Gasteiger partial charge on any atom is 0.466 e. The number of carbonyl (C=O) groups is 1. The van der Waals surface area contributed by atoms with Gasteiger partial charge in [-0.1, -0.05) is 0 Å². The molecule has 0 spiro atoms. The van der Waals surface area contributed by atoms with Gasteiger partial charge in [-0.2, -0.15) is 0 Å². The van der Waals surface area contributed by atoms with E-state index in [4.69, 9.17) is 14.0 Å². The van der Waals surface area contributed by atoms with Gasteiger partial charge in [-0.25, -0.2) is 0 Å².